The van der Waals surface area contributed by atoms with Gasteiger partial charge in [-0.25, -0.2) is 0 Å². The second-order valence-corrected chi connectivity index (χ2v) is 9.08. The summed E-state index contributed by atoms with van der Waals surface area (Å²) in [5.74, 6) is -1.49. The number of amides is 1. The van der Waals surface area contributed by atoms with Gasteiger partial charge in [-0.15, -0.1) is 0 Å². The van der Waals surface area contributed by atoms with E-state index in [1.807, 2.05) is 66.7 Å². The average Bonchev–Trinajstić information content (AvgIpc) is 3.19. The average molecular weight is 492 g/mol. The number of Topliss-reactive ketones (excluding diaryl/α,β-unsaturated/α-hetero) is 1. The Labute approximate surface area is 216 Å². The van der Waals surface area contributed by atoms with Gasteiger partial charge in [0.1, 0.15) is 5.76 Å². The molecule has 0 spiro atoms. The van der Waals surface area contributed by atoms with Crippen LogP contribution in [0.4, 0.5) is 5.69 Å². The van der Waals surface area contributed by atoms with Gasteiger partial charge in [-0.1, -0.05) is 60.7 Å². The van der Waals surface area contributed by atoms with Gasteiger partial charge in [0.2, 0.25) is 0 Å². The zero-order valence-corrected chi connectivity index (χ0v) is 21.0. The Balaban J connectivity index is 1.67. The molecule has 6 heteroatoms. The summed E-state index contributed by atoms with van der Waals surface area (Å²) >= 11 is 0. The van der Waals surface area contributed by atoms with Crippen molar-refractivity contribution >= 4 is 33.9 Å². The third-order valence-corrected chi connectivity index (χ3v) is 7.00. The molecule has 4 aromatic rings. The van der Waals surface area contributed by atoms with Gasteiger partial charge in [0.15, 0.2) is 0 Å². The van der Waals surface area contributed by atoms with Gasteiger partial charge in [0.25, 0.3) is 11.7 Å². The van der Waals surface area contributed by atoms with E-state index in [0.29, 0.717) is 5.56 Å². The Morgan fingerprint density at radius 1 is 0.919 bits per heavy atom. The summed E-state index contributed by atoms with van der Waals surface area (Å²) in [6, 6.07) is 24.1. The van der Waals surface area contributed by atoms with E-state index in [1.54, 1.807) is 24.5 Å². The van der Waals surface area contributed by atoms with Gasteiger partial charge in [-0.2, -0.15) is 0 Å². The lowest BCUT2D eigenvalue weighted by Gasteiger charge is -2.27. The summed E-state index contributed by atoms with van der Waals surface area (Å²) in [5, 5.41) is 13.4. The summed E-state index contributed by atoms with van der Waals surface area (Å²) in [6.07, 6.45) is 3.35. The van der Waals surface area contributed by atoms with E-state index in [0.717, 1.165) is 40.7 Å². The number of carbonyl (C=O) groups excluding carboxylic acids is 2. The number of benzene rings is 3. The number of aliphatic hydroxyl groups is 1. The molecule has 1 unspecified atom stereocenters. The number of aliphatic hydroxyl groups excluding tert-OH is 1. The van der Waals surface area contributed by atoms with Crippen LogP contribution in [0, 0.1) is 0 Å². The van der Waals surface area contributed by atoms with Gasteiger partial charge in [-0.3, -0.25) is 14.6 Å². The first-order chi connectivity index (χ1) is 18.0. The van der Waals surface area contributed by atoms with Gasteiger partial charge in [-0.05, 0) is 53.9 Å². The molecule has 1 atom stereocenters. The topological polar surface area (TPSA) is 73.7 Å². The number of hydrogen-bond donors (Lipinski definition) is 1. The number of rotatable bonds is 7. The third kappa shape index (κ3) is 4.47. The maximum absolute atomic E-state index is 13.5. The zero-order valence-electron chi connectivity index (χ0n) is 21.0. The number of likely N-dealkylation sites (tertiary alicyclic amines) is 1. The van der Waals surface area contributed by atoms with Crippen molar-refractivity contribution in [1.82, 2.24) is 9.88 Å². The Morgan fingerprint density at radius 3 is 2.35 bits per heavy atom. The first kappa shape index (κ1) is 24.3. The van der Waals surface area contributed by atoms with Crippen LogP contribution in [0.2, 0.25) is 0 Å². The van der Waals surface area contributed by atoms with Crippen molar-refractivity contribution in [2.24, 2.45) is 0 Å². The van der Waals surface area contributed by atoms with Gasteiger partial charge in [0, 0.05) is 43.3 Å². The van der Waals surface area contributed by atoms with Crippen LogP contribution in [0.3, 0.4) is 0 Å². The van der Waals surface area contributed by atoms with Crippen LogP contribution in [0.1, 0.15) is 36.6 Å². The van der Waals surface area contributed by atoms with Crippen LogP contribution >= 0.6 is 0 Å². The normalized spacial score (nSPS) is 16.9. The van der Waals surface area contributed by atoms with Crippen LogP contribution in [0.5, 0.6) is 0 Å². The smallest absolute Gasteiger partial charge is 0.295 e. The molecule has 1 aliphatic rings. The number of aromatic nitrogens is 1. The highest BCUT2D eigenvalue weighted by atomic mass is 16.3. The first-order valence-corrected chi connectivity index (χ1v) is 12.5. The van der Waals surface area contributed by atoms with E-state index in [9.17, 15) is 14.7 Å². The van der Waals surface area contributed by atoms with Gasteiger partial charge >= 0.3 is 0 Å². The highest BCUT2D eigenvalue weighted by Crippen LogP contribution is 2.41. The zero-order chi connectivity index (χ0) is 25.9. The lowest BCUT2D eigenvalue weighted by Crippen LogP contribution is -2.29. The van der Waals surface area contributed by atoms with Gasteiger partial charge in [0.05, 0.1) is 11.6 Å². The molecule has 0 saturated carbocycles. The maximum atomic E-state index is 13.5. The van der Waals surface area contributed by atoms with Crippen LogP contribution in [0.25, 0.3) is 16.5 Å². The first-order valence-electron chi connectivity index (χ1n) is 12.5. The van der Waals surface area contributed by atoms with Crippen LogP contribution in [-0.2, 0) is 16.1 Å². The molecule has 1 amide bonds. The van der Waals surface area contributed by atoms with Crippen molar-refractivity contribution in [2.75, 3.05) is 18.0 Å². The molecule has 2 heterocycles. The molecule has 6 nitrogen and oxygen atoms in total. The number of nitrogens with zero attached hydrogens (tertiary/aromatic N) is 3. The predicted molar refractivity (Wildman–Crippen MR) is 146 cm³/mol. The highest BCUT2D eigenvalue weighted by molar-refractivity contribution is 6.46. The Hall–Kier alpha value is -4.45. The van der Waals surface area contributed by atoms with Crippen molar-refractivity contribution in [3.05, 3.63) is 114 Å². The number of hydrogen-bond acceptors (Lipinski definition) is 5. The Bertz CT molecular complexity index is 1470. The summed E-state index contributed by atoms with van der Waals surface area (Å²) in [7, 11) is 0. The van der Waals surface area contributed by atoms with Gasteiger partial charge < -0.3 is 14.9 Å². The monoisotopic (exact) mass is 491 g/mol. The molecule has 1 aliphatic heterocycles. The van der Waals surface area contributed by atoms with E-state index in [2.05, 4.69) is 23.7 Å². The Kier molecular flexibility index (Phi) is 6.73. The van der Waals surface area contributed by atoms with E-state index < -0.39 is 17.7 Å². The molecule has 1 saturated heterocycles. The van der Waals surface area contributed by atoms with Crippen molar-refractivity contribution in [1.29, 1.82) is 0 Å². The number of pyridine rings is 1. The molecule has 37 heavy (non-hydrogen) atoms. The molecule has 0 radical (unpaired) electrons. The Morgan fingerprint density at radius 2 is 1.65 bits per heavy atom. The van der Waals surface area contributed by atoms with Crippen LogP contribution in [0.15, 0.2) is 96.8 Å². The van der Waals surface area contributed by atoms with E-state index in [4.69, 9.17) is 0 Å². The fourth-order valence-corrected chi connectivity index (χ4v) is 5.11. The highest BCUT2D eigenvalue weighted by Gasteiger charge is 2.46. The van der Waals surface area contributed by atoms with Crippen LogP contribution in [-0.4, -0.2) is 39.8 Å². The molecule has 1 aromatic heterocycles. The minimum Gasteiger partial charge on any atom is -0.507 e. The molecule has 1 fully saturated rings. The lowest BCUT2D eigenvalue weighted by molar-refractivity contribution is -0.140. The quantitative estimate of drug-likeness (QED) is 0.204. The van der Waals surface area contributed by atoms with E-state index in [1.165, 1.54) is 4.90 Å². The van der Waals surface area contributed by atoms with E-state index >= 15 is 0 Å². The lowest BCUT2D eigenvalue weighted by atomic mass is 9.93. The van der Waals surface area contributed by atoms with Crippen molar-refractivity contribution < 1.29 is 14.7 Å². The summed E-state index contributed by atoms with van der Waals surface area (Å²) in [6.45, 7) is 6.15. The summed E-state index contributed by atoms with van der Waals surface area (Å²) in [5.41, 5.74) is 3.26. The molecule has 0 aliphatic carbocycles. The standard InChI is InChI=1S/C31H29N3O3/c1-3-33(4-2)24-16-14-23(15-17-24)28-27(29(35)26-13-7-11-22-10-5-6-12-25(22)26)30(36)31(37)34(28)20-21-9-8-18-32-19-21/h5-19,28,35H,3-4,20H2,1-2H3/b29-27-. The molecular formula is C31H29N3O3. The summed E-state index contributed by atoms with van der Waals surface area (Å²) < 4.78 is 0. The number of fused-ring (bicyclic) bond motifs is 1. The summed E-state index contributed by atoms with van der Waals surface area (Å²) in [4.78, 5) is 34.8. The molecule has 186 valence electrons. The molecule has 5 rings (SSSR count). The predicted octanol–water partition coefficient (Wildman–Crippen LogP) is 5.70. The fourth-order valence-electron chi connectivity index (χ4n) is 5.11. The van der Waals surface area contributed by atoms with Crippen molar-refractivity contribution in [2.45, 2.75) is 26.4 Å². The number of carbonyl (C=O) groups is 2. The minimum atomic E-state index is -0.732. The van der Waals surface area contributed by atoms with Crippen molar-refractivity contribution in [3.8, 4) is 0 Å². The van der Waals surface area contributed by atoms with Crippen LogP contribution < -0.4 is 4.90 Å². The molecule has 0 bridgehead atoms. The third-order valence-electron chi connectivity index (χ3n) is 7.00. The minimum absolute atomic E-state index is 0.0980. The SMILES string of the molecule is CCN(CC)c1ccc(C2/C(=C(/O)c3cccc4ccccc34)C(=O)C(=O)N2Cc2cccnc2)cc1. The second kappa shape index (κ2) is 10.3. The van der Waals surface area contributed by atoms with E-state index in [-0.39, 0.29) is 17.9 Å². The molecule has 3 aromatic carbocycles. The second-order valence-electron chi connectivity index (χ2n) is 9.08. The fraction of sp³-hybridized carbons (Fsp3) is 0.194. The molecular weight excluding hydrogens is 462 g/mol. The molecule has 1 N–H and O–H groups in total. The van der Waals surface area contributed by atoms with Crippen molar-refractivity contribution in [3.63, 3.8) is 0 Å². The maximum Gasteiger partial charge on any atom is 0.295 e. The number of ketones is 1. The largest absolute Gasteiger partial charge is 0.507 e. The number of anilines is 1.